The molecule has 0 bridgehead atoms. The lowest BCUT2D eigenvalue weighted by atomic mass is 9.95. The maximum Gasteiger partial charge on any atom is 0.157 e. The van der Waals surface area contributed by atoms with Crippen molar-refractivity contribution in [3.8, 4) is 28.3 Å². The lowest BCUT2D eigenvalue weighted by molar-refractivity contribution is 1.06. The maximum atomic E-state index is 9.96. The molecule has 0 saturated heterocycles. The highest BCUT2D eigenvalue weighted by molar-refractivity contribution is 6.12. The van der Waals surface area contributed by atoms with Crippen LogP contribution in [0.2, 0.25) is 0 Å². The van der Waals surface area contributed by atoms with Gasteiger partial charge in [0, 0.05) is 11.1 Å². The fourth-order valence-electron chi connectivity index (χ4n) is 4.98. The van der Waals surface area contributed by atoms with Crippen LogP contribution in [0.25, 0.3) is 33.0 Å². The van der Waals surface area contributed by atoms with Crippen LogP contribution < -0.4 is 5.73 Å². The van der Waals surface area contributed by atoms with Crippen molar-refractivity contribution < 1.29 is 0 Å². The molecule has 4 heteroatoms. The molecule has 0 aromatic heterocycles. The van der Waals surface area contributed by atoms with Gasteiger partial charge < -0.3 is 5.73 Å². The van der Waals surface area contributed by atoms with E-state index in [0.29, 0.717) is 23.8 Å². The number of hydrogen-bond acceptors (Lipinski definition) is 2. The first-order chi connectivity index (χ1) is 20.7. The average molecular weight is 541 g/mol. The summed E-state index contributed by atoms with van der Waals surface area (Å²) in [5, 5.41) is 11.8. The van der Waals surface area contributed by atoms with E-state index in [1.165, 1.54) is 5.56 Å². The average Bonchev–Trinajstić information content (AvgIpc) is 3.07. The lowest BCUT2D eigenvalue weighted by Gasteiger charge is -2.10. The van der Waals surface area contributed by atoms with Gasteiger partial charge in [0.15, 0.2) is 5.84 Å². The van der Waals surface area contributed by atoms with Crippen LogP contribution in [-0.4, -0.2) is 11.7 Å². The lowest BCUT2D eigenvalue weighted by Crippen LogP contribution is -2.16. The quantitative estimate of drug-likeness (QED) is 0.170. The number of benzene rings is 6. The summed E-state index contributed by atoms with van der Waals surface area (Å²) in [6.07, 6.45) is 0. The van der Waals surface area contributed by atoms with Gasteiger partial charge in [-0.2, -0.15) is 5.26 Å². The van der Waals surface area contributed by atoms with Crippen LogP contribution in [0.3, 0.4) is 0 Å². The minimum atomic E-state index is 0.365. The summed E-state index contributed by atoms with van der Waals surface area (Å²) < 4.78 is 0. The van der Waals surface area contributed by atoms with Gasteiger partial charge in [-0.05, 0) is 56.8 Å². The zero-order valence-corrected chi connectivity index (χ0v) is 23.0. The van der Waals surface area contributed by atoms with Crippen molar-refractivity contribution in [1.29, 1.82) is 5.26 Å². The van der Waals surface area contributed by atoms with Crippen LogP contribution in [0.4, 0.5) is 0 Å². The predicted octanol–water partition coefficient (Wildman–Crippen LogP) is 8.40. The Morgan fingerprint density at radius 3 is 1.86 bits per heavy atom. The van der Waals surface area contributed by atoms with E-state index in [0.717, 1.165) is 44.2 Å². The van der Waals surface area contributed by atoms with E-state index in [9.17, 15) is 5.26 Å². The van der Waals surface area contributed by atoms with Gasteiger partial charge in [-0.25, -0.2) is 4.99 Å². The van der Waals surface area contributed by atoms with Crippen molar-refractivity contribution in [3.05, 3.63) is 168 Å². The molecule has 0 radical (unpaired) electrons. The molecule has 0 saturated carbocycles. The molecule has 4 nitrogen and oxygen atoms in total. The van der Waals surface area contributed by atoms with Crippen molar-refractivity contribution in [3.63, 3.8) is 0 Å². The molecule has 0 aliphatic heterocycles. The molecule has 6 rings (SSSR count). The van der Waals surface area contributed by atoms with Gasteiger partial charge in [-0.3, -0.25) is 4.99 Å². The zero-order valence-electron chi connectivity index (χ0n) is 23.0. The number of aliphatic imine (C=N–C) groups is 2. The summed E-state index contributed by atoms with van der Waals surface area (Å²) in [5.41, 5.74) is 14.3. The van der Waals surface area contributed by atoms with E-state index in [1.807, 2.05) is 103 Å². The van der Waals surface area contributed by atoms with Crippen LogP contribution in [-0.2, 0) is 6.54 Å². The van der Waals surface area contributed by atoms with E-state index in [4.69, 9.17) is 15.7 Å². The Morgan fingerprint density at radius 2 is 1.19 bits per heavy atom. The molecule has 0 heterocycles. The first-order valence-electron chi connectivity index (χ1n) is 13.8. The Labute approximate surface area is 245 Å². The SMILES string of the molecule is N#Cc1cc(-c2ccc(-c3ccccc3)cc2)cc2cc(C(N)=NC(=NCc3ccccc3)c3ccccc3)ccc12. The molecular formula is C38H28N4. The minimum absolute atomic E-state index is 0.365. The van der Waals surface area contributed by atoms with Gasteiger partial charge in [0.2, 0.25) is 0 Å². The van der Waals surface area contributed by atoms with Gasteiger partial charge in [0.05, 0.1) is 18.2 Å². The molecule has 42 heavy (non-hydrogen) atoms. The molecule has 0 aliphatic carbocycles. The highest BCUT2D eigenvalue weighted by Crippen LogP contribution is 2.30. The number of nitrogens with zero attached hydrogens (tertiary/aromatic N) is 3. The Kier molecular flexibility index (Phi) is 7.65. The van der Waals surface area contributed by atoms with Gasteiger partial charge in [-0.1, -0.05) is 127 Å². The summed E-state index contributed by atoms with van der Waals surface area (Å²) in [5.74, 6) is 0.936. The third-order valence-electron chi connectivity index (χ3n) is 7.21. The zero-order chi connectivity index (χ0) is 28.7. The van der Waals surface area contributed by atoms with E-state index in [1.54, 1.807) is 0 Å². The Bertz CT molecular complexity index is 1940. The fraction of sp³-hybridized carbons (Fsp3) is 0.0263. The monoisotopic (exact) mass is 540 g/mol. The fourth-order valence-corrected chi connectivity index (χ4v) is 4.98. The first kappa shape index (κ1) is 26.4. The van der Waals surface area contributed by atoms with Crippen LogP contribution >= 0.6 is 0 Å². The number of rotatable bonds is 6. The molecule has 0 atom stereocenters. The minimum Gasteiger partial charge on any atom is -0.383 e. The van der Waals surface area contributed by atoms with Crippen molar-refractivity contribution in [2.45, 2.75) is 6.54 Å². The highest BCUT2D eigenvalue weighted by Gasteiger charge is 2.10. The van der Waals surface area contributed by atoms with Gasteiger partial charge in [0.25, 0.3) is 0 Å². The van der Waals surface area contributed by atoms with Gasteiger partial charge in [-0.15, -0.1) is 0 Å². The Morgan fingerprint density at radius 1 is 0.595 bits per heavy atom. The normalized spacial score (nSPS) is 11.8. The van der Waals surface area contributed by atoms with Gasteiger partial charge >= 0.3 is 0 Å². The molecule has 2 N–H and O–H groups in total. The molecule has 0 unspecified atom stereocenters. The molecule has 0 amide bonds. The number of nitriles is 1. The highest BCUT2D eigenvalue weighted by atomic mass is 15.0. The third kappa shape index (κ3) is 5.86. The summed E-state index contributed by atoms with van der Waals surface area (Å²) in [6.45, 7) is 0.498. The number of fused-ring (bicyclic) bond motifs is 1. The molecule has 0 aliphatic rings. The summed E-state index contributed by atoms with van der Waals surface area (Å²) >= 11 is 0. The largest absolute Gasteiger partial charge is 0.383 e. The second-order valence-electron chi connectivity index (χ2n) is 10.0. The molecule has 6 aromatic carbocycles. The smallest absolute Gasteiger partial charge is 0.157 e. The summed E-state index contributed by atoms with van der Waals surface area (Å²) in [6, 6.07) is 50.9. The number of amidine groups is 2. The summed E-state index contributed by atoms with van der Waals surface area (Å²) in [4.78, 5) is 9.59. The number of hydrogen-bond donors (Lipinski definition) is 1. The number of nitrogens with two attached hydrogens (primary N) is 1. The maximum absolute atomic E-state index is 9.96. The van der Waals surface area contributed by atoms with Crippen molar-refractivity contribution in [1.82, 2.24) is 0 Å². The van der Waals surface area contributed by atoms with Crippen LogP contribution in [0, 0.1) is 11.3 Å². The summed E-state index contributed by atoms with van der Waals surface area (Å²) in [7, 11) is 0. The Hall–Kier alpha value is -5.79. The topological polar surface area (TPSA) is 74.5 Å². The molecule has 6 aromatic rings. The van der Waals surface area contributed by atoms with E-state index >= 15 is 0 Å². The van der Waals surface area contributed by atoms with E-state index < -0.39 is 0 Å². The third-order valence-corrected chi connectivity index (χ3v) is 7.21. The predicted molar refractivity (Wildman–Crippen MR) is 173 cm³/mol. The molecule has 0 spiro atoms. The molecular weight excluding hydrogens is 512 g/mol. The van der Waals surface area contributed by atoms with Crippen molar-refractivity contribution in [2.24, 2.45) is 15.7 Å². The second-order valence-corrected chi connectivity index (χ2v) is 10.0. The molecule has 200 valence electrons. The van der Waals surface area contributed by atoms with E-state index in [2.05, 4.69) is 48.5 Å². The van der Waals surface area contributed by atoms with E-state index in [-0.39, 0.29) is 0 Å². The Balaban J connectivity index is 1.36. The van der Waals surface area contributed by atoms with Crippen molar-refractivity contribution >= 4 is 22.4 Å². The van der Waals surface area contributed by atoms with Gasteiger partial charge in [0.1, 0.15) is 5.84 Å². The van der Waals surface area contributed by atoms with Crippen LogP contribution in [0.5, 0.6) is 0 Å². The molecule has 0 fully saturated rings. The second kappa shape index (κ2) is 12.2. The van der Waals surface area contributed by atoms with Crippen LogP contribution in [0.1, 0.15) is 22.3 Å². The van der Waals surface area contributed by atoms with Crippen molar-refractivity contribution in [2.75, 3.05) is 0 Å². The first-order valence-corrected chi connectivity index (χ1v) is 13.8. The van der Waals surface area contributed by atoms with Crippen LogP contribution in [0.15, 0.2) is 156 Å². The standard InChI is InChI=1S/C38H28N4/c39-25-35-24-33(30-18-16-29(17-19-30)28-12-6-2-7-13-28)23-34-22-32(20-21-36(34)35)37(40)42-38(31-14-8-3-9-15-31)41-26-27-10-4-1-5-11-27/h1-24H,26H2,(H2,40,41,42).